The zero-order chi connectivity index (χ0) is 14.3. The molecule has 0 fully saturated rings. The van der Waals surface area contributed by atoms with Gasteiger partial charge in [-0.3, -0.25) is 0 Å². The zero-order valence-corrected chi connectivity index (χ0v) is 13.4. The van der Waals surface area contributed by atoms with Gasteiger partial charge in [0.05, 0.1) is 0 Å². The van der Waals surface area contributed by atoms with Crippen molar-refractivity contribution in [3.05, 3.63) is 63.8 Å². The minimum Gasteiger partial charge on any atom is -0.212 e. The van der Waals surface area contributed by atoms with Crippen LogP contribution in [0.5, 0.6) is 0 Å². The minimum atomic E-state index is -0.0254. The number of allylic oxidation sites excluding steroid dienone is 5. The number of hydrogen-bond donors (Lipinski definition) is 1. The molecule has 0 amide bonds. The second-order valence-electron chi connectivity index (χ2n) is 5.66. The lowest BCUT2D eigenvalue weighted by molar-refractivity contribution is -1.07. The van der Waals surface area contributed by atoms with Crippen LogP contribution in [0, 0.1) is 0 Å². The fourth-order valence-electron chi connectivity index (χ4n) is 2.98. The number of nitrogens with zero attached hydrogens (tertiary/aromatic N) is 1. The Morgan fingerprint density at radius 3 is 2.60 bits per heavy atom. The van der Waals surface area contributed by atoms with E-state index in [-0.39, 0.29) is 10.7 Å². The Balaban J connectivity index is 2.18. The summed E-state index contributed by atoms with van der Waals surface area (Å²) in [7, 11) is 1.88. The molecule has 0 spiro atoms. The third-order valence-corrected chi connectivity index (χ3v) is 4.96. The molecule has 3 rings (SSSR count). The van der Waals surface area contributed by atoms with E-state index in [1.807, 2.05) is 13.1 Å². The Kier molecular flexibility index (Phi) is 3.44. The summed E-state index contributed by atoms with van der Waals surface area (Å²) in [6, 6.07) is 10.5. The van der Waals surface area contributed by atoms with Crippen LogP contribution in [-0.2, 0) is 0 Å². The number of likely N-dealkylation sites (N-methyl/N-ethyl adjacent to an activating group) is 1. The highest BCUT2D eigenvalue weighted by Crippen LogP contribution is 2.43. The fraction of sp³-hybridized carbons (Fsp3) is 0.294. The molecule has 20 heavy (non-hydrogen) atoms. The van der Waals surface area contributed by atoms with E-state index < -0.39 is 0 Å². The predicted octanol–water partition coefficient (Wildman–Crippen LogP) is 4.63. The molecule has 0 saturated heterocycles. The lowest BCUT2D eigenvalue weighted by atomic mass is 9.86. The number of benzene rings is 1. The van der Waals surface area contributed by atoms with Crippen molar-refractivity contribution in [1.82, 2.24) is 0 Å². The van der Waals surface area contributed by atoms with E-state index in [4.69, 9.17) is 0 Å². The SMILES string of the molecule is CC1C=C(c2ccccc2)C2=C(CCC(Br)=C2)[N+]1(C)O. The van der Waals surface area contributed by atoms with Gasteiger partial charge < -0.3 is 0 Å². The average molecular weight is 333 g/mol. The van der Waals surface area contributed by atoms with Crippen molar-refractivity contribution in [3.63, 3.8) is 0 Å². The molecule has 1 heterocycles. The van der Waals surface area contributed by atoms with Crippen LogP contribution in [0.4, 0.5) is 0 Å². The number of hydrogen-bond acceptors (Lipinski definition) is 1. The number of quaternary nitrogens is 1. The van der Waals surface area contributed by atoms with E-state index in [2.05, 4.69) is 59.3 Å². The largest absolute Gasteiger partial charge is 0.212 e. The van der Waals surface area contributed by atoms with Gasteiger partial charge in [-0.25, -0.2) is 5.21 Å². The van der Waals surface area contributed by atoms with Crippen molar-refractivity contribution in [2.75, 3.05) is 7.05 Å². The van der Waals surface area contributed by atoms with E-state index in [1.165, 1.54) is 15.6 Å². The molecule has 2 nitrogen and oxygen atoms in total. The van der Waals surface area contributed by atoms with Gasteiger partial charge in [-0.2, -0.15) is 4.65 Å². The molecule has 2 unspecified atom stereocenters. The Hall–Kier alpha value is -1.16. The van der Waals surface area contributed by atoms with Crippen molar-refractivity contribution in [2.24, 2.45) is 0 Å². The first kappa shape index (κ1) is 13.8. The molecule has 1 aliphatic carbocycles. The number of hydroxylamine groups is 3. The molecule has 0 bridgehead atoms. The Bertz CT molecular complexity index is 626. The lowest BCUT2D eigenvalue weighted by Crippen LogP contribution is -2.48. The van der Waals surface area contributed by atoms with Crippen LogP contribution >= 0.6 is 15.9 Å². The molecule has 3 heteroatoms. The predicted molar refractivity (Wildman–Crippen MR) is 85.1 cm³/mol. The van der Waals surface area contributed by atoms with Crippen LogP contribution in [0.2, 0.25) is 0 Å². The van der Waals surface area contributed by atoms with Gasteiger partial charge in [-0.05, 0) is 41.1 Å². The number of rotatable bonds is 1. The van der Waals surface area contributed by atoms with Crippen molar-refractivity contribution >= 4 is 21.5 Å². The molecule has 0 saturated carbocycles. The second-order valence-corrected chi connectivity index (χ2v) is 6.68. The van der Waals surface area contributed by atoms with Gasteiger partial charge >= 0.3 is 0 Å². The quantitative estimate of drug-likeness (QED) is 0.743. The zero-order valence-electron chi connectivity index (χ0n) is 11.8. The van der Waals surface area contributed by atoms with Gasteiger partial charge in [-0.15, -0.1) is 0 Å². The van der Waals surface area contributed by atoms with Crippen molar-refractivity contribution in [1.29, 1.82) is 0 Å². The molecule has 0 aromatic heterocycles. The molecule has 1 N–H and O–H groups in total. The molecule has 0 radical (unpaired) electrons. The first-order valence-corrected chi connectivity index (χ1v) is 7.76. The molecular formula is C17H19BrNO+. The van der Waals surface area contributed by atoms with Crippen LogP contribution in [-0.4, -0.2) is 22.9 Å². The van der Waals surface area contributed by atoms with E-state index in [0.717, 1.165) is 24.1 Å². The molecule has 2 atom stereocenters. The van der Waals surface area contributed by atoms with Crippen LogP contribution in [0.3, 0.4) is 0 Å². The summed E-state index contributed by atoms with van der Waals surface area (Å²) in [6.07, 6.45) is 6.20. The first-order chi connectivity index (χ1) is 9.50. The van der Waals surface area contributed by atoms with Gasteiger partial charge in [0, 0.05) is 12.0 Å². The Morgan fingerprint density at radius 1 is 1.20 bits per heavy atom. The summed E-state index contributed by atoms with van der Waals surface area (Å²) < 4.78 is 1.18. The highest BCUT2D eigenvalue weighted by Gasteiger charge is 2.40. The molecule has 1 aromatic rings. The van der Waals surface area contributed by atoms with Crippen LogP contribution in [0.25, 0.3) is 5.57 Å². The summed E-state index contributed by atoms with van der Waals surface area (Å²) in [5.41, 5.74) is 4.72. The van der Waals surface area contributed by atoms with Crippen LogP contribution in [0.1, 0.15) is 25.3 Å². The first-order valence-electron chi connectivity index (χ1n) is 6.96. The van der Waals surface area contributed by atoms with Crippen molar-refractivity contribution < 1.29 is 9.85 Å². The van der Waals surface area contributed by atoms with Gasteiger partial charge in [0.1, 0.15) is 18.8 Å². The lowest BCUT2D eigenvalue weighted by Gasteiger charge is -2.38. The normalized spacial score (nSPS) is 29.7. The monoisotopic (exact) mass is 332 g/mol. The summed E-state index contributed by atoms with van der Waals surface area (Å²) in [6.45, 7) is 2.07. The molecular weight excluding hydrogens is 314 g/mol. The fourth-order valence-corrected chi connectivity index (χ4v) is 3.41. The third kappa shape index (κ3) is 2.20. The number of halogens is 1. The van der Waals surface area contributed by atoms with E-state index >= 15 is 0 Å². The maximum absolute atomic E-state index is 10.8. The van der Waals surface area contributed by atoms with Crippen molar-refractivity contribution in [3.8, 4) is 0 Å². The summed E-state index contributed by atoms with van der Waals surface area (Å²) in [5.74, 6) is 0. The minimum absolute atomic E-state index is 0.0254. The summed E-state index contributed by atoms with van der Waals surface area (Å²) in [4.78, 5) is 0. The molecule has 2 aliphatic rings. The van der Waals surface area contributed by atoms with Crippen molar-refractivity contribution in [2.45, 2.75) is 25.8 Å². The molecule has 104 valence electrons. The molecule has 1 aliphatic heterocycles. The summed E-state index contributed by atoms with van der Waals surface area (Å²) >= 11 is 3.61. The average Bonchev–Trinajstić information content (AvgIpc) is 2.44. The van der Waals surface area contributed by atoms with E-state index in [9.17, 15) is 5.21 Å². The standard InChI is InChI=1S/C17H19BrNO/c1-12-10-15(13-6-4-3-5-7-13)16-11-14(18)8-9-17(16)19(12,2)20/h3-7,10-12,20H,8-9H2,1-2H3/q+1. The Labute approximate surface area is 128 Å². The third-order valence-electron chi connectivity index (χ3n) is 4.33. The van der Waals surface area contributed by atoms with Gasteiger partial charge in [-0.1, -0.05) is 46.3 Å². The van der Waals surface area contributed by atoms with Crippen LogP contribution in [0.15, 0.2) is 58.2 Å². The van der Waals surface area contributed by atoms with E-state index in [1.54, 1.807) is 0 Å². The highest BCUT2D eigenvalue weighted by molar-refractivity contribution is 9.11. The van der Waals surface area contributed by atoms with Gasteiger partial charge in [0.25, 0.3) is 0 Å². The van der Waals surface area contributed by atoms with Crippen LogP contribution < -0.4 is 0 Å². The van der Waals surface area contributed by atoms with Gasteiger partial charge in [0.2, 0.25) is 0 Å². The maximum Gasteiger partial charge on any atom is 0.150 e. The Morgan fingerprint density at radius 2 is 1.90 bits per heavy atom. The topological polar surface area (TPSA) is 20.2 Å². The van der Waals surface area contributed by atoms with Gasteiger partial charge in [0.15, 0.2) is 0 Å². The second kappa shape index (κ2) is 4.99. The molecule has 1 aromatic carbocycles. The van der Waals surface area contributed by atoms with E-state index in [0.29, 0.717) is 0 Å². The highest BCUT2D eigenvalue weighted by atomic mass is 79.9. The summed E-state index contributed by atoms with van der Waals surface area (Å²) in [5, 5.41) is 10.8. The smallest absolute Gasteiger partial charge is 0.150 e. The maximum atomic E-state index is 10.8.